The Morgan fingerprint density at radius 1 is 1.69 bits per heavy atom. The number of carboxylic acid groups (broad SMARTS) is 1. The van der Waals surface area contributed by atoms with Crippen LogP contribution in [0.15, 0.2) is 12.7 Å². The Hall–Kier alpha value is -1.03. The fraction of sp³-hybridized carbons (Fsp3) is 0.667. The Labute approximate surface area is 77.8 Å². The lowest BCUT2D eigenvalue weighted by Crippen LogP contribution is -2.44. The van der Waals surface area contributed by atoms with Crippen molar-refractivity contribution in [2.24, 2.45) is 0 Å². The molecule has 4 nitrogen and oxygen atoms in total. The van der Waals surface area contributed by atoms with Crippen LogP contribution in [0.1, 0.15) is 19.3 Å². The van der Waals surface area contributed by atoms with Crippen LogP contribution < -0.4 is 0 Å². The second-order valence-corrected chi connectivity index (χ2v) is 3.05. The van der Waals surface area contributed by atoms with Crippen LogP contribution in [0.4, 0.5) is 4.79 Å². The normalized spacial score (nSPS) is 22.8. The van der Waals surface area contributed by atoms with Crippen molar-refractivity contribution in [3.05, 3.63) is 12.7 Å². The monoisotopic (exact) mass is 185 g/mol. The fourth-order valence-corrected chi connectivity index (χ4v) is 1.47. The van der Waals surface area contributed by atoms with Crippen LogP contribution in [0.3, 0.4) is 0 Å². The van der Waals surface area contributed by atoms with Crippen LogP contribution in [0.25, 0.3) is 0 Å². The maximum atomic E-state index is 10.7. The average Bonchev–Trinajstić information content (AvgIpc) is 2.15. The van der Waals surface area contributed by atoms with E-state index in [2.05, 4.69) is 6.58 Å². The molecule has 1 heterocycles. The highest BCUT2D eigenvalue weighted by molar-refractivity contribution is 5.65. The topological polar surface area (TPSA) is 49.8 Å². The van der Waals surface area contributed by atoms with Gasteiger partial charge in [-0.2, -0.15) is 0 Å². The predicted molar refractivity (Wildman–Crippen MR) is 48.5 cm³/mol. The molecule has 13 heavy (non-hydrogen) atoms. The van der Waals surface area contributed by atoms with Gasteiger partial charge < -0.3 is 9.84 Å². The summed E-state index contributed by atoms with van der Waals surface area (Å²) in [5, 5.41) is 8.83. The highest BCUT2D eigenvalue weighted by Crippen LogP contribution is 2.17. The van der Waals surface area contributed by atoms with Gasteiger partial charge in [-0.1, -0.05) is 6.08 Å². The first-order valence-corrected chi connectivity index (χ1v) is 4.47. The fourth-order valence-electron chi connectivity index (χ4n) is 1.47. The molecule has 1 rings (SSSR count). The van der Waals surface area contributed by atoms with Crippen LogP contribution in [-0.4, -0.2) is 35.5 Å². The summed E-state index contributed by atoms with van der Waals surface area (Å²) < 4.78 is 5.33. The minimum Gasteiger partial charge on any atom is -0.465 e. The molecule has 1 unspecified atom stereocenters. The van der Waals surface area contributed by atoms with E-state index in [1.165, 1.54) is 4.90 Å². The smallest absolute Gasteiger partial charge is 0.409 e. The highest BCUT2D eigenvalue weighted by Gasteiger charge is 2.26. The largest absolute Gasteiger partial charge is 0.465 e. The average molecular weight is 185 g/mol. The van der Waals surface area contributed by atoms with E-state index in [9.17, 15) is 4.79 Å². The molecule has 1 saturated heterocycles. The van der Waals surface area contributed by atoms with E-state index < -0.39 is 6.09 Å². The number of rotatable bonds is 3. The standard InChI is InChI=1S/C9H15NO3/c1-2-7-13-8-5-3-4-6-10(8)9(11)12/h2,8H,1,3-7H2,(H,11,12). The Kier molecular flexibility index (Phi) is 3.76. The van der Waals surface area contributed by atoms with Crippen molar-refractivity contribution in [1.29, 1.82) is 0 Å². The zero-order chi connectivity index (χ0) is 9.68. The van der Waals surface area contributed by atoms with Crippen LogP contribution in [0.5, 0.6) is 0 Å². The first-order chi connectivity index (χ1) is 6.25. The Bertz CT molecular complexity index is 193. The first-order valence-electron chi connectivity index (χ1n) is 4.47. The van der Waals surface area contributed by atoms with Crippen LogP contribution >= 0.6 is 0 Å². The van der Waals surface area contributed by atoms with Crippen LogP contribution in [0.2, 0.25) is 0 Å². The maximum absolute atomic E-state index is 10.7. The molecule has 0 aliphatic carbocycles. The summed E-state index contributed by atoms with van der Waals surface area (Å²) in [6, 6.07) is 0. The van der Waals surface area contributed by atoms with Crippen molar-refractivity contribution >= 4 is 6.09 Å². The molecule has 0 spiro atoms. The first kappa shape index (κ1) is 10.1. The molecule has 0 aromatic heterocycles. The van der Waals surface area contributed by atoms with E-state index >= 15 is 0 Å². The van der Waals surface area contributed by atoms with Gasteiger partial charge in [0.15, 0.2) is 0 Å². The molecule has 4 heteroatoms. The zero-order valence-corrected chi connectivity index (χ0v) is 7.61. The summed E-state index contributed by atoms with van der Waals surface area (Å²) in [4.78, 5) is 12.1. The van der Waals surface area contributed by atoms with Gasteiger partial charge in [-0.05, 0) is 19.3 Å². The summed E-state index contributed by atoms with van der Waals surface area (Å²) in [7, 11) is 0. The molecule has 74 valence electrons. The van der Waals surface area contributed by atoms with Gasteiger partial charge >= 0.3 is 6.09 Å². The van der Waals surface area contributed by atoms with Crippen molar-refractivity contribution in [2.45, 2.75) is 25.5 Å². The molecule has 1 aliphatic heterocycles. The molecule has 1 fully saturated rings. The lowest BCUT2D eigenvalue weighted by Gasteiger charge is -2.32. The van der Waals surface area contributed by atoms with Gasteiger partial charge in [0, 0.05) is 6.54 Å². The van der Waals surface area contributed by atoms with Gasteiger partial charge in [-0.3, -0.25) is 4.90 Å². The van der Waals surface area contributed by atoms with Gasteiger partial charge in [-0.25, -0.2) is 4.79 Å². The molecule has 0 aromatic rings. The molecule has 1 atom stereocenters. The minimum atomic E-state index is -0.895. The third-order valence-electron chi connectivity index (χ3n) is 2.10. The maximum Gasteiger partial charge on any atom is 0.409 e. The van der Waals surface area contributed by atoms with E-state index in [1.54, 1.807) is 6.08 Å². The number of nitrogens with zero attached hydrogens (tertiary/aromatic N) is 1. The quantitative estimate of drug-likeness (QED) is 0.680. The number of likely N-dealkylation sites (tertiary alicyclic amines) is 1. The number of hydrogen-bond acceptors (Lipinski definition) is 2. The second kappa shape index (κ2) is 4.87. The van der Waals surface area contributed by atoms with E-state index in [0.29, 0.717) is 13.2 Å². The second-order valence-electron chi connectivity index (χ2n) is 3.05. The third-order valence-corrected chi connectivity index (χ3v) is 2.10. The molecule has 0 bridgehead atoms. The number of piperidine rings is 1. The van der Waals surface area contributed by atoms with Gasteiger partial charge in [-0.15, -0.1) is 6.58 Å². The molecule has 0 saturated carbocycles. The SMILES string of the molecule is C=CCOC1CCCCN1C(=O)O. The Balaban J connectivity index is 2.46. The lowest BCUT2D eigenvalue weighted by molar-refractivity contribution is -0.0559. The van der Waals surface area contributed by atoms with Crippen LogP contribution in [-0.2, 0) is 4.74 Å². The summed E-state index contributed by atoms with van der Waals surface area (Å²) >= 11 is 0. The highest BCUT2D eigenvalue weighted by atomic mass is 16.5. The van der Waals surface area contributed by atoms with Gasteiger partial charge in [0.05, 0.1) is 6.61 Å². The number of amides is 1. The summed E-state index contributed by atoms with van der Waals surface area (Å²) in [5.74, 6) is 0. The summed E-state index contributed by atoms with van der Waals surface area (Å²) in [5.41, 5.74) is 0. The third kappa shape index (κ3) is 2.73. The van der Waals surface area contributed by atoms with E-state index in [4.69, 9.17) is 9.84 Å². The van der Waals surface area contributed by atoms with E-state index in [-0.39, 0.29) is 6.23 Å². The van der Waals surface area contributed by atoms with Gasteiger partial charge in [0.1, 0.15) is 6.23 Å². The molecule has 1 amide bonds. The lowest BCUT2D eigenvalue weighted by atomic mass is 10.1. The predicted octanol–water partition coefficient (Wildman–Crippen LogP) is 1.68. The zero-order valence-electron chi connectivity index (χ0n) is 7.61. The van der Waals surface area contributed by atoms with Gasteiger partial charge in [0.25, 0.3) is 0 Å². The number of ether oxygens (including phenoxy) is 1. The minimum absolute atomic E-state index is 0.274. The summed E-state index contributed by atoms with van der Waals surface area (Å²) in [6.45, 7) is 4.52. The molecule has 0 radical (unpaired) electrons. The summed E-state index contributed by atoms with van der Waals surface area (Å²) in [6.07, 6.45) is 3.22. The van der Waals surface area contributed by atoms with Crippen molar-refractivity contribution in [2.75, 3.05) is 13.2 Å². The molecular formula is C9H15NO3. The van der Waals surface area contributed by atoms with Crippen molar-refractivity contribution in [1.82, 2.24) is 4.90 Å². The molecular weight excluding hydrogens is 170 g/mol. The number of carbonyl (C=O) groups is 1. The van der Waals surface area contributed by atoms with Crippen LogP contribution in [0, 0.1) is 0 Å². The van der Waals surface area contributed by atoms with Crippen molar-refractivity contribution in [3.63, 3.8) is 0 Å². The van der Waals surface area contributed by atoms with Gasteiger partial charge in [0.2, 0.25) is 0 Å². The number of hydrogen-bond donors (Lipinski definition) is 1. The Morgan fingerprint density at radius 3 is 3.08 bits per heavy atom. The van der Waals surface area contributed by atoms with Crippen molar-refractivity contribution in [3.8, 4) is 0 Å². The van der Waals surface area contributed by atoms with E-state index in [1.807, 2.05) is 0 Å². The Morgan fingerprint density at radius 2 is 2.46 bits per heavy atom. The van der Waals surface area contributed by atoms with E-state index in [0.717, 1.165) is 19.3 Å². The molecule has 1 N–H and O–H groups in total. The molecule has 1 aliphatic rings. The van der Waals surface area contributed by atoms with Crippen molar-refractivity contribution < 1.29 is 14.6 Å². The molecule has 0 aromatic carbocycles.